The smallest absolute Gasteiger partial charge is 0.0590 e. The summed E-state index contributed by atoms with van der Waals surface area (Å²) in [5.41, 5.74) is 7.74. The van der Waals surface area contributed by atoms with E-state index in [0.29, 0.717) is 6.04 Å². The fourth-order valence-electron chi connectivity index (χ4n) is 2.88. The molecule has 0 aliphatic heterocycles. The minimum absolute atomic E-state index is 0.555. The molecule has 0 atom stereocenters. The van der Waals surface area contributed by atoms with Crippen molar-refractivity contribution in [3.05, 3.63) is 23.2 Å². The molecule has 2 rings (SSSR count). The van der Waals surface area contributed by atoms with E-state index in [1.54, 1.807) is 0 Å². The largest absolute Gasteiger partial charge is 0.397 e. The number of anilines is 2. The molecule has 1 saturated carbocycles. The monoisotopic (exact) mass is 266 g/mol. The Labute approximate surface area is 115 Å². The minimum atomic E-state index is 0.555. The first-order valence-electron chi connectivity index (χ1n) is 7.00. The summed E-state index contributed by atoms with van der Waals surface area (Å²) in [5.74, 6) is 0.935. The van der Waals surface area contributed by atoms with Crippen LogP contribution in [0.3, 0.4) is 0 Å². The van der Waals surface area contributed by atoms with E-state index in [-0.39, 0.29) is 0 Å². The van der Waals surface area contributed by atoms with E-state index in [9.17, 15) is 0 Å². The maximum Gasteiger partial charge on any atom is 0.0590 e. The van der Waals surface area contributed by atoms with E-state index >= 15 is 0 Å². The molecule has 0 aromatic heterocycles. The van der Waals surface area contributed by atoms with Gasteiger partial charge in [-0.05, 0) is 49.8 Å². The summed E-state index contributed by atoms with van der Waals surface area (Å²) in [7, 11) is 0. The van der Waals surface area contributed by atoms with E-state index in [0.717, 1.165) is 22.3 Å². The molecule has 1 aromatic carbocycles. The van der Waals surface area contributed by atoms with Gasteiger partial charge >= 0.3 is 0 Å². The molecule has 18 heavy (non-hydrogen) atoms. The van der Waals surface area contributed by atoms with Gasteiger partial charge in [0.15, 0.2) is 0 Å². The molecule has 3 N–H and O–H groups in total. The second-order valence-corrected chi connectivity index (χ2v) is 5.82. The van der Waals surface area contributed by atoms with Gasteiger partial charge in [0.05, 0.1) is 11.4 Å². The van der Waals surface area contributed by atoms with Gasteiger partial charge in [0.25, 0.3) is 0 Å². The van der Waals surface area contributed by atoms with Crippen molar-refractivity contribution < 1.29 is 0 Å². The minimum Gasteiger partial charge on any atom is -0.397 e. The van der Waals surface area contributed by atoms with E-state index in [1.807, 2.05) is 18.2 Å². The highest BCUT2D eigenvalue weighted by molar-refractivity contribution is 6.31. The summed E-state index contributed by atoms with van der Waals surface area (Å²) in [4.78, 5) is 0. The van der Waals surface area contributed by atoms with Gasteiger partial charge in [-0.1, -0.05) is 31.4 Å². The summed E-state index contributed by atoms with van der Waals surface area (Å²) >= 11 is 6.00. The molecular formula is C15H23ClN2. The van der Waals surface area contributed by atoms with Gasteiger partial charge in [-0.3, -0.25) is 0 Å². The predicted octanol–water partition coefficient (Wildman–Crippen LogP) is 4.69. The molecule has 2 nitrogen and oxygen atoms in total. The van der Waals surface area contributed by atoms with Crippen LogP contribution in [-0.4, -0.2) is 6.04 Å². The van der Waals surface area contributed by atoms with Crippen molar-refractivity contribution in [1.82, 2.24) is 0 Å². The van der Waals surface area contributed by atoms with Gasteiger partial charge in [-0.2, -0.15) is 0 Å². The zero-order chi connectivity index (χ0) is 13.0. The number of hydrogen-bond donors (Lipinski definition) is 2. The topological polar surface area (TPSA) is 38.0 Å². The molecule has 0 radical (unpaired) electrons. The van der Waals surface area contributed by atoms with Gasteiger partial charge in [-0.25, -0.2) is 0 Å². The summed E-state index contributed by atoms with van der Waals surface area (Å²) in [6, 6.07) is 6.18. The molecule has 0 bridgehead atoms. The van der Waals surface area contributed by atoms with Crippen molar-refractivity contribution in [2.45, 2.75) is 51.5 Å². The molecule has 1 aliphatic carbocycles. The van der Waals surface area contributed by atoms with E-state index < -0.39 is 0 Å². The normalized spacial score (nSPS) is 23.9. The van der Waals surface area contributed by atoms with Crippen LogP contribution in [0.1, 0.15) is 45.4 Å². The van der Waals surface area contributed by atoms with Gasteiger partial charge in [0, 0.05) is 11.1 Å². The van der Waals surface area contributed by atoms with Crippen LogP contribution in [-0.2, 0) is 0 Å². The van der Waals surface area contributed by atoms with Crippen molar-refractivity contribution in [2.24, 2.45) is 5.92 Å². The second-order valence-electron chi connectivity index (χ2n) is 5.38. The van der Waals surface area contributed by atoms with Crippen LogP contribution in [0.25, 0.3) is 0 Å². The van der Waals surface area contributed by atoms with Crippen molar-refractivity contribution in [3.63, 3.8) is 0 Å². The molecule has 3 heteroatoms. The Bertz CT molecular complexity index is 384. The Morgan fingerprint density at radius 3 is 2.67 bits per heavy atom. The lowest BCUT2D eigenvalue weighted by Gasteiger charge is -2.30. The number of hydrogen-bond acceptors (Lipinski definition) is 2. The maximum absolute atomic E-state index is 6.00. The molecule has 0 spiro atoms. The molecule has 0 amide bonds. The molecule has 1 fully saturated rings. The van der Waals surface area contributed by atoms with Crippen LogP contribution in [0.2, 0.25) is 5.02 Å². The summed E-state index contributed by atoms with van der Waals surface area (Å²) < 4.78 is 0. The zero-order valence-electron chi connectivity index (χ0n) is 11.1. The SMILES string of the molecule is CCCC1CCC(Nc2cc(Cl)ccc2N)CC1. The van der Waals surface area contributed by atoms with E-state index in [1.165, 1.54) is 38.5 Å². The lowest BCUT2D eigenvalue weighted by molar-refractivity contribution is 0.319. The average Bonchev–Trinajstić information content (AvgIpc) is 2.37. The van der Waals surface area contributed by atoms with Crippen LogP contribution < -0.4 is 11.1 Å². The standard InChI is InChI=1S/C15H23ClN2/c1-2-3-11-4-7-13(8-5-11)18-15-10-12(16)6-9-14(15)17/h6,9-11,13,18H,2-5,7-8,17H2,1H3. The van der Waals surface area contributed by atoms with Gasteiger partial charge in [0.2, 0.25) is 0 Å². The highest BCUT2D eigenvalue weighted by Gasteiger charge is 2.20. The molecule has 0 heterocycles. The van der Waals surface area contributed by atoms with Crippen LogP contribution in [0.5, 0.6) is 0 Å². The molecule has 0 unspecified atom stereocenters. The summed E-state index contributed by atoms with van der Waals surface area (Å²) in [5, 5.41) is 4.29. The number of nitrogen functional groups attached to an aromatic ring is 1. The number of nitrogens with two attached hydrogens (primary N) is 1. The molecular weight excluding hydrogens is 244 g/mol. The third kappa shape index (κ3) is 3.55. The van der Waals surface area contributed by atoms with Crippen molar-refractivity contribution in [2.75, 3.05) is 11.1 Å². The first kappa shape index (κ1) is 13.5. The van der Waals surface area contributed by atoms with Crippen LogP contribution in [0.4, 0.5) is 11.4 Å². The Balaban J connectivity index is 1.89. The average molecular weight is 267 g/mol. The molecule has 100 valence electrons. The third-order valence-corrected chi connectivity index (χ3v) is 4.15. The number of benzene rings is 1. The van der Waals surface area contributed by atoms with Crippen molar-refractivity contribution in [3.8, 4) is 0 Å². The number of halogens is 1. The Morgan fingerprint density at radius 1 is 1.28 bits per heavy atom. The Hall–Kier alpha value is -0.890. The second kappa shape index (κ2) is 6.33. The van der Waals surface area contributed by atoms with Crippen LogP contribution in [0.15, 0.2) is 18.2 Å². The summed E-state index contributed by atoms with van der Waals surface area (Å²) in [6.45, 7) is 2.27. The van der Waals surface area contributed by atoms with E-state index in [2.05, 4.69) is 12.2 Å². The third-order valence-electron chi connectivity index (χ3n) is 3.92. The predicted molar refractivity (Wildman–Crippen MR) is 80.1 cm³/mol. The number of rotatable bonds is 4. The maximum atomic E-state index is 6.00. The Morgan fingerprint density at radius 2 is 2.00 bits per heavy atom. The van der Waals surface area contributed by atoms with Gasteiger partial charge < -0.3 is 11.1 Å². The Kier molecular flexibility index (Phi) is 4.76. The quantitative estimate of drug-likeness (QED) is 0.776. The summed E-state index contributed by atoms with van der Waals surface area (Å²) in [6.07, 6.45) is 7.86. The number of nitrogens with one attached hydrogen (secondary N) is 1. The fourth-order valence-corrected chi connectivity index (χ4v) is 3.05. The fraction of sp³-hybridized carbons (Fsp3) is 0.600. The van der Waals surface area contributed by atoms with Crippen molar-refractivity contribution in [1.29, 1.82) is 0 Å². The zero-order valence-corrected chi connectivity index (χ0v) is 11.8. The van der Waals surface area contributed by atoms with Crippen LogP contribution in [0, 0.1) is 5.92 Å². The van der Waals surface area contributed by atoms with Gasteiger partial charge in [0.1, 0.15) is 0 Å². The first-order chi connectivity index (χ1) is 8.69. The lowest BCUT2D eigenvalue weighted by atomic mass is 9.83. The van der Waals surface area contributed by atoms with Gasteiger partial charge in [-0.15, -0.1) is 0 Å². The van der Waals surface area contributed by atoms with Crippen LogP contribution >= 0.6 is 11.6 Å². The molecule has 1 aliphatic rings. The van der Waals surface area contributed by atoms with E-state index in [4.69, 9.17) is 17.3 Å². The lowest BCUT2D eigenvalue weighted by Crippen LogP contribution is -2.26. The molecule has 0 saturated heterocycles. The highest BCUT2D eigenvalue weighted by Crippen LogP contribution is 2.31. The highest BCUT2D eigenvalue weighted by atomic mass is 35.5. The molecule has 1 aromatic rings. The first-order valence-corrected chi connectivity index (χ1v) is 7.38. The van der Waals surface area contributed by atoms with Crippen molar-refractivity contribution >= 4 is 23.0 Å².